The SMILES string of the molecule is Cc1ccccc1C1CC1C(=O)NC1(C(=O)O)CCOCC1. The van der Waals surface area contributed by atoms with Gasteiger partial charge in [-0.2, -0.15) is 0 Å². The zero-order chi connectivity index (χ0) is 15.7. The van der Waals surface area contributed by atoms with Crippen LogP contribution in [0.25, 0.3) is 0 Å². The Kier molecular flexibility index (Phi) is 3.91. The van der Waals surface area contributed by atoms with E-state index < -0.39 is 11.5 Å². The molecule has 2 aliphatic rings. The summed E-state index contributed by atoms with van der Waals surface area (Å²) >= 11 is 0. The summed E-state index contributed by atoms with van der Waals surface area (Å²) < 4.78 is 5.22. The highest BCUT2D eigenvalue weighted by atomic mass is 16.5. The van der Waals surface area contributed by atoms with E-state index in [0.29, 0.717) is 26.1 Å². The van der Waals surface area contributed by atoms with Crippen LogP contribution in [0.4, 0.5) is 0 Å². The van der Waals surface area contributed by atoms with E-state index in [-0.39, 0.29) is 17.7 Å². The molecule has 5 nitrogen and oxygen atoms in total. The highest BCUT2D eigenvalue weighted by molar-refractivity contribution is 5.90. The van der Waals surface area contributed by atoms with E-state index in [4.69, 9.17) is 4.74 Å². The fourth-order valence-electron chi connectivity index (χ4n) is 3.27. The highest BCUT2D eigenvalue weighted by Gasteiger charge is 2.49. The minimum atomic E-state index is -1.16. The average Bonchev–Trinajstić information content (AvgIpc) is 3.29. The van der Waals surface area contributed by atoms with Crippen molar-refractivity contribution in [3.8, 4) is 0 Å². The van der Waals surface area contributed by atoms with Crippen molar-refractivity contribution < 1.29 is 19.4 Å². The summed E-state index contributed by atoms with van der Waals surface area (Å²) in [5.74, 6) is -0.998. The summed E-state index contributed by atoms with van der Waals surface area (Å²) in [5.41, 5.74) is 1.22. The number of carboxylic acid groups (broad SMARTS) is 1. The lowest BCUT2D eigenvalue weighted by atomic mass is 9.89. The van der Waals surface area contributed by atoms with Gasteiger partial charge in [-0.15, -0.1) is 0 Å². The van der Waals surface area contributed by atoms with Crippen LogP contribution in [0.1, 0.15) is 36.3 Å². The Balaban J connectivity index is 1.68. The Hall–Kier alpha value is -1.88. The Labute approximate surface area is 129 Å². The number of hydrogen-bond donors (Lipinski definition) is 2. The molecule has 3 rings (SSSR count). The Morgan fingerprint density at radius 3 is 2.59 bits per heavy atom. The number of carbonyl (C=O) groups excluding carboxylic acids is 1. The van der Waals surface area contributed by atoms with Crippen LogP contribution in [-0.4, -0.2) is 35.7 Å². The van der Waals surface area contributed by atoms with Gasteiger partial charge in [0, 0.05) is 32.0 Å². The van der Waals surface area contributed by atoms with Gasteiger partial charge >= 0.3 is 5.97 Å². The number of aliphatic carboxylic acids is 1. The number of carboxylic acids is 1. The first-order valence-electron chi connectivity index (χ1n) is 7.72. The van der Waals surface area contributed by atoms with Gasteiger partial charge in [0.25, 0.3) is 0 Å². The van der Waals surface area contributed by atoms with Crippen LogP contribution < -0.4 is 5.32 Å². The van der Waals surface area contributed by atoms with Crippen molar-refractivity contribution in [3.63, 3.8) is 0 Å². The number of hydrogen-bond acceptors (Lipinski definition) is 3. The van der Waals surface area contributed by atoms with E-state index in [9.17, 15) is 14.7 Å². The Morgan fingerprint density at radius 1 is 1.27 bits per heavy atom. The van der Waals surface area contributed by atoms with Gasteiger partial charge in [-0.25, -0.2) is 4.79 Å². The molecule has 1 aromatic rings. The van der Waals surface area contributed by atoms with Gasteiger partial charge in [0.2, 0.25) is 5.91 Å². The van der Waals surface area contributed by atoms with Crippen molar-refractivity contribution in [2.75, 3.05) is 13.2 Å². The Bertz CT molecular complexity index is 592. The quantitative estimate of drug-likeness (QED) is 0.890. The monoisotopic (exact) mass is 303 g/mol. The minimum absolute atomic E-state index is 0.111. The lowest BCUT2D eigenvalue weighted by Gasteiger charge is -2.34. The lowest BCUT2D eigenvalue weighted by Crippen LogP contribution is -2.57. The molecule has 1 saturated heterocycles. The van der Waals surface area contributed by atoms with Gasteiger partial charge in [0.05, 0.1) is 0 Å². The molecule has 1 heterocycles. The minimum Gasteiger partial charge on any atom is -0.480 e. The second-order valence-electron chi connectivity index (χ2n) is 6.29. The molecule has 2 fully saturated rings. The third-order valence-electron chi connectivity index (χ3n) is 4.83. The molecule has 22 heavy (non-hydrogen) atoms. The van der Waals surface area contributed by atoms with E-state index in [1.807, 2.05) is 25.1 Å². The smallest absolute Gasteiger partial charge is 0.329 e. The average molecular weight is 303 g/mol. The van der Waals surface area contributed by atoms with E-state index >= 15 is 0 Å². The highest BCUT2D eigenvalue weighted by Crippen LogP contribution is 2.48. The van der Waals surface area contributed by atoms with Crippen LogP contribution in [0.5, 0.6) is 0 Å². The fraction of sp³-hybridized carbons (Fsp3) is 0.529. The van der Waals surface area contributed by atoms with Crippen molar-refractivity contribution >= 4 is 11.9 Å². The molecule has 0 bridgehead atoms. The van der Waals surface area contributed by atoms with Gasteiger partial charge in [0.1, 0.15) is 5.54 Å². The molecule has 0 radical (unpaired) electrons. The van der Waals surface area contributed by atoms with Gasteiger partial charge < -0.3 is 15.2 Å². The first-order chi connectivity index (χ1) is 10.5. The molecule has 5 heteroatoms. The van der Waals surface area contributed by atoms with Crippen LogP contribution in [0.15, 0.2) is 24.3 Å². The van der Waals surface area contributed by atoms with E-state index in [1.54, 1.807) is 0 Å². The van der Waals surface area contributed by atoms with Gasteiger partial charge in [-0.05, 0) is 30.4 Å². The van der Waals surface area contributed by atoms with Crippen molar-refractivity contribution in [2.45, 2.75) is 37.6 Å². The van der Waals surface area contributed by atoms with Crippen LogP contribution in [-0.2, 0) is 14.3 Å². The summed E-state index contributed by atoms with van der Waals surface area (Å²) in [6.45, 7) is 2.79. The number of ether oxygens (including phenoxy) is 1. The molecule has 1 aliphatic carbocycles. The zero-order valence-corrected chi connectivity index (χ0v) is 12.7. The molecule has 1 aliphatic heterocycles. The number of aryl methyl sites for hydroxylation is 1. The summed E-state index contributed by atoms with van der Waals surface area (Å²) in [6, 6.07) is 8.05. The maximum absolute atomic E-state index is 12.5. The molecular weight excluding hydrogens is 282 g/mol. The summed E-state index contributed by atoms with van der Waals surface area (Å²) in [5, 5.41) is 12.3. The van der Waals surface area contributed by atoms with Crippen molar-refractivity contribution in [2.24, 2.45) is 5.92 Å². The fourth-order valence-corrected chi connectivity index (χ4v) is 3.27. The second kappa shape index (κ2) is 5.72. The third-order valence-corrected chi connectivity index (χ3v) is 4.83. The molecular formula is C17H21NO4. The maximum Gasteiger partial charge on any atom is 0.329 e. The van der Waals surface area contributed by atoms with E-state index in [1.165, 1.54) is 11.1 Å². The summed E-state index contributed by atoms with van der Waals surface area (Å²) in [7, 11) is 0. The standard InChI is InChI=1S/C17H21NO4/c1-11-4-2-3-5-12(11)13-10-14(13)15(19)18-17(16(20)21)6-8-22-9-7-17/h2-5,13-14H,6-10H2,1H3,(H,18,19)(H,20,21). The zero-order valence-electron chi connectivity index (χ0n) is 12.7. The van der Waals surface area contributed by atoms with Crippen molar-refractivity contribution in [1.82, 2.24) is 5.32 Å². The van der Waals surface area contributed by atoms with Gasteiger partial charge in [-0.1, -0.05) is 24.3 Å². The molecule has 2 N–H and O–H groups in total. The van der Waals surface area contributed by atoms with Crippen LogP contribution in [0, 0.1) is 12.8 Å². The number of carbonyl (C=O) groups is 2. The molecule has 0 aromatic heterocycles. The first-order valence-corrected chi connectivity index (χ1v) is 7.72. The molecule has 2 atom stereocenters. The number of rotatable bonds is 4. The number of nitrogens with one attached hydrogen (secondary N) is 1. The number of benzene rings is 1. The van der Waals surface area contributed by atoms with Gasteiger partial charge in [0.15, 0.2) is 0 Å². The topological polar surface area (TPSA) is 75.6 Å². The predicted molar refractivity (Wildman–Crippen MR) is 80.6 cm³/mol. The first kappa shape index (κ1) is 15.0. The number of amides is 1. The van der Waals surface area contributed by atoms with E-state index in [0.717, 1.165) is 6.42 Å². The largest absolute Gasteiger partial charge is 0.480 e. The molecule has 1 aromatic carbocycles. The van der Waals surface area contributed by atoms with Crippen molar-refractivity contribution in [1.29, 1.82) is 0 Å². The third kappa shape index (κ3) is 2.73. The molecule has 1 saturated carbocycles. The summed E-state index contributed by atoms with van der Waals surface area (Å²) in [6.07, 6.45) is 1.45. The van der Waals surface area contributed by atoms with Crippen molar-refractivity contribution in [3.05, 3.63) is 35.4 Å². The summed E-state index contributed by atoms with van der Waals surface area (Å²) in [4.78, 5) is 24.1. The van der Waals surface area contributed by atoms with Crippen LogP contribution >= 0.6 is 0 Å². The molecule has 1 amide bonds. The van der Waals surface area contributed by atoms with Crippen LogP contribution in [0.3, 0.4) is 0 Å². The lowest BCUT2D eigenvalue weighted by molar-refractivity contribution is -0.152. The molecule has 0 spiro atoms. The second-order valence-corrected chi connectivity index (χ2v) is 6.29. The van der Waals surface area contributed by atoms with E-state index in [2.05, 4.69) is 11.4 Å². The Morgan fingerprint density at radius 2 is 1.95 bits per heavy atom. The predicted octanol–water partition coefficient (Wildman–Crippen LogP) is 1.85. The van der Waals surface area contributed by atoms with Crippen LogP contribution in [0.2, 0.25) is 0 Å². The van der Waals surface area contributed by atoms with Gasteiger partial charge in [-0.3, -0.25) is 4.79 Å². The normalized spacial score (nSPS) is 26.2. The molecule has 2 unspecified atom stereocenters. The molecule has 118 valence electrons. The maximum atomic E-state index is 12.5.